The fraction of sp³-hybridized carbons (Fsp3) is 0.476. The molecule has 1 aromatic heterocycles. The van der Waals surface area contributed by atoms with Gasteiger partial charge in [0.25, 0.3) is 5.91 Å². The minimum absolute atomic E-state index is 0.00888. The molecule has 2 fully saturated rings. The molecule has 2 aliphatic heterocycles. The van der Waals surface area contributed by atoms with Crippen molar-refractivity contribution < 1.29 is 9.53 Å². The maximum atomic E-state index is 12.5. The Kier molecular flexibility index (Phi) is 6.54. The predicted molar refractivity (Wildman–Crippen MR) is 117 cm³/mol. The molecule has 2 aromatic rings. The summed E-state index contributed by atoms with van der Waals surface area (Å²) in [6.07, 6.45) is 1.64. The van der Waals surface area contributed by atoms with Crippen LogP contribution in [-0.2, 0) is 4.79 Å². The molecule has 0 N–H and O–H groups in total. The number of hydrogen-bond acceptors (Lipinski definition) is 7. The fourth-order valence-corrected chi connectivity index (χ4v) is 3.80. The lowest BCUT2D eigenvalue weighted by atomic mass is 10.3. The summed E-state index contributed by atoms with van der Waals surface area (Å²) in [4.78, 5) is 30.1. The Morgan fingerprint density at radius 3 is 2.10 bits per heavy atom. The van der Waals surface area contributed by atoms with E-state index in [1.165, 1.54) is 0 Å². The number of piperazine rings is 2. The van der Waals surface area contributed by atoms with Crippen LogP contribution in [0.5, 0.6) is 5.75 Å². The van der Waals surface area contributed by atoms with E-state index in [0.717, 1.165) is 50.9 Å². The monoisotopic (exact) mass is 430 g/mol. The van der Waals surface area contributed by atoms with E-state index in [1.54, 1.807) is 30.6 Å². The summed E-state index contributed by atoms with van der Waals surface area (Å²) in [6, 6.07) is 9.09. The van der Waals surface area contributed by atoms with Crippen molar-refractivity contribution in [3.05, 3.63) is 41.7 Å². The van der Waals surface area contributed by atoms with E-state index in [1.807, 2.05) is 4.90 Å². The van der Waals surface area contributed by atoms with Gasteiger partial charge < -0.3 is 24.3 Å². The highest BCUT2D eigenvalue weighted by Crippen LogP contribution is 2.20. The topological polar surface area (TPSA) is 65.0 Å². The molecule has 1 amide bonds. The molecular weight excluding hydrogens is 404 g/mol. The smallest absolute Gasteiger partial charge is 0.260 e. The number of carbonyl (C=O) groups is 1. The molecule has 0 radical (unpaired) electrons. The van der Waals surface area contributed by atoms with Crippen molar-refractivity contribution in [3.63, 3.8) is 0 Å². The fourth-order valence-electron chi connectivity index (χ4n) is 3.67. The first-order valence-corrected chi connectivity index (χ1v) is 10.6. The minimum atomic E-state index is -0.00888. The van der Waals surface area contributed by atoms with Gasteiger partial charge >= 0.3 is 0 Å². The average molecular weight is 431 g/mol. The average Bonchev–Trinajstić information content (AvgIpc) is 2.79. The van der Waals surface area contributed by atoms with E-state index in [0.29, 0.717) is 23.9 Å². The molecule has 30 heavy (non-hydrogen) atoms. The third kappa shape index (κ3) is 5.12. The zero-order valence-corrected chi connectivity index (χ0v) is 18.0. The number of amides is 1. The van der Waals surface area contributed by atoms with Crippen molar-refractivity contribution in [2.75, 3.05) is 75.8 Å². The molecule has 8 nitrogen and oxygen atoms in total. The maximum absolute atomic E-state index is 12.5. The van der Waals surface area contributed by atoms with Crippen molar-refractivity contribution in [3.8, 4) is 5.75 Å². The van der Waals surface area contributed by atoms with E-state index in [-0.39, 0.29) is 12.5 Å². The summed E-state index contributed by atoms with van der Waals surface area (Å²) < 4.78 is 5.58. The van der Waals surface area contributed by atoms with Crippen LogP contribution in [0.1, 0.15) is 0 Å². The number of nitrogens with zero attached hydrogens (tertiary/aromatic N) is 6. The Balaban J connectivity index is 1.28. The SMILES string of the molecule is CN1CCN(c2cc(N3CCN(C(=O)COc4ccc(Cl)cc4)CC3)ncn2)CC1. The highest BCUT2D eigenvalue weighted by Gasteiger charge is 2.23. The number of rotatable bonds is 5. The maximum Gasteiger partial charge on any atom is 0.260 e. The Labute approximate surface area is 182 Å². The Morgan fingerprint density at radius 1 is 0.933 bits per heavy atom. The lowest BCUT2D eigenvalue weighted by Gasteiger charge is -2.36. The number of carbonyl (C=O) groups excluding carboxylic acids is 1. The van der Waals surface area contributed by atoms with Gasteiger partial charge in [0.1, 0.15) is 23.7 Å². The van der Waals surface area contributed by atoms with E-state index in [2.05, 4.69) is 37.8 Å². The Bertz CT molecular complexity index is 849. The van der Waals surface area contributed by atoms with Crippen LogP contribution in [-0.4, -0.2) is 91.7 Å². The second-order valence-corrected chi connectivity index (χ2v) is 8.07. The number of hydrogen-bond donors (Lipinski definition) is 0. The van der Waals surface area contributed by atoms with E-state index in [4.69, 9.17) is 16.3 Å². The molecule has 0 unspecified atom stereocenters. The summed E-state index contributed by atoms with van der Waals surface area (Å²) >= 11 is 5.87. The highest BCUT2D eigenvalue weighted by atomic mass is 35.5. The molecular formula is C21H27ClN6O2. The van der Waals surface area contributed by atoms with Crippen LogP contribution in [0.4, 0.5) is 11.6 Å². The van der Waals surface area contributed by atoms with Gasteiger partial charge in [-0.25, -0.2) is 9.97 Å². The number of halogens is 1. The normalized spacial score (nSPS) is 17.9. The van der Waals surface area contributed by atoms with Crippen molar-refractivity contribution in [2.24, 2.45) is 0 Å². The van der Waals surface area contributed by atoms with Crippen LogP contribution in [0.15, 0.2) is 36.7 Å². The highest BCUT2D eigenvalue weighted by molar-refractivity contribution is 6.30. The number of likely N-dealkylation sites (N-methyl/N-ethyl adjacent to an activating group) is 1. The number of aromatic nitrogens is 2. The van der Waals surface area contributed by atoms with Gasteiger partial charge in [0.05, 0.1) is 0 Å². The number of benzene rings is 1. The molecule has 9 heteroatoms. The molecule has 160 valence electrons. The summed E-state index contributed by atoms with van der Waals surface area (Å²) in [6.45, 7) is 6.84. The van der Waals surface area contributed by atoms with Crippen molar-refractivity contribution in [1.82, 2.24) is 19.8 Å². The third-order valence-electron chi connectivity index (χ3n) is 5.60. The van der Waals surface area contributed by atoms with Gasteiger partial charge in [-0.05, 0) is 31.3 Å². The molecule has 0 spiro atoms. The van der Waals surface area contributed by atoms with Crippen molar-refractivity contribution in [1.29, 1.82) is 0 Å². The van der Waals surface area contributed by atoms with Crippen LogP contribution >= 0.6 is 11.6 Å². The van der Waals surface area contributed by atoms with Crippen LogP contribution in [0.2, 0.25) is 5.02 Å². The first-order valence-electron chi connectivity index (χ1n) is 10.2. The van der Waals surface area contributed by atoms with Crippen LogP contribution in [0.25, 0.3) is 0 Å². The molecule has 0 atom stereocenters. The first-order chi connectivity index (χ1) is 14.6. The summed E-state index contributed by atoms with van der Waals surface area (Å²) in [5.41, 5.74) is 0. The number of ether oxygens (including phenoxy) is 1. The quantitative estimate of drug-likeness (QED) is 0.714. The van der Waals surface area contributed by atoms with Gasteiger partial charge in [0.15, 0.2) is 6.61 Å². The molecule has 0 bridgehead atoms. The molecule has 2 saturated heterocycles. The van der Waals surface area contributed by atoms with Crippen LogP contribution < -0.4 is 14.5 Å². The summed E-state index contributed by atoms with van der Waals surface area (Å²) in [5, 5.41) is 0.644. The molecule has 0 aliphatic carbocycles. The lowest BCUT2D eigenvalue weighted by Crippen LogP contribution is -2.50. The van der Waals surface area contributed by atoms with E-state index in [9.17, 15) is 4.79 Å². The van der Waals surface area contributed by atoms with Crippen LogP contribution in [0.3, 0.4) is 0 Å². The molecule has 1 aromatic carbocycles. The van der Waals surface area contributed by atoms with Gasteiger partial charge in [-0.3, -0.25) is 4.79 Å². The van der Waals surface area contributed by atoms with E-state index >= 15 is 0 Å². The molecule has 4 rings (SSSR count). The lowest BCUT2D eigenvalue weighted by molar-refractivity contribution is -0.133. The largest absolute Gasteiger partial charge is 0.484 e. The van der Waals surface area contributed by atoms with Gasteiger partial charge in [-0.15, -0.1) is 0 Å². The minimum Gasteiger partial charge on any atom is -0.484 e. The predicted octanol–water partition coefficient (Wildman–Crippen LogP) is 1.61. The van der Waals surface area contributed by atoms with E-state index < -0.39 is 0 Å². The standard InChI is InChI=1S/C21H27ClN6O2/c1-25-6-8-26(9-7-25)19-14-20(24-16-23-19)27-10-12-28(13-11-27)21(29)15-30-18-4-2-17(22)3-5-18/h2-5,14,16H,6-13,15H2,1H3. The summed E-state index contributed by atoms with van der Waals surface area (Å²) in [7, 11) is 2.14. The van der Waals surface area contributed by atoms with Crippen molar-refractivity contribution in [2.45, 2.75) is 0 Å². The summed E-state index contributed by atoms with van der Waals surface area (Å²) in [5.74, 6) is 2.53. The van der Waals surface area contributed by atoms with Crippen molar-refractivity contribution >= 4 is 29.1 Å². The Morgan fingerprint density at radius 2 is 1.50 bits per heavy atom. The van der Waals surface area contributed by atoms with Crippen LogP contribution in [0, 0.1) is 0 Å². The molecule has 3 heterocycles. The van der Waals surface area contributed by atoms with Gasteiger partial charge in [0.2, 0.25) is 0 Å². The van der Waals surface area contributed by atoms with Gasteiger partial charge in [-0.1, -0.05) is 11.6 Å². The third-order valence-corrected chi connectivity index (χ3v) is 5.85. The number of anilines is 2. The molecule has 0 saturated carbocycles. The first kappa shape index (κ1) is 20.7. The van der Waals surface area contributed by atoms with Gasteiger partial charge in [0, 0.05) is 63.4 Å². The van der Waals surface area contributed by atoms with Gasteiger partial charge in [-0.2, -0.15) is 0 Å². The zero-order valence-electron chi connectivity index (χ0n) is 17.2. The molecule has 2 aliphatic rings. The second-order valence-electron chi connectivity index (χ2n) is 7.64. The second kappa shape index (κ2) is 9.49. The zero-order chi connectivity index (χ0) is 20.9. The Hall–Kier alpha value is -2.58.